The van der Waals surface area contributed by atoms with Crippen molar-refractivity contribution >= 4 is 10.0 Å². The minimum Gasteiger partial charge on any atom is -0.375 e. The summed E-state index contributed by atoms with van der Waals surface area (Å²) in [6.45, 7) is 3.76. The maximum Gasteiger partial charge on any atom is 0.208 e. The molecule has 6 heteroatoms. The molecule has 0 aromatic heterocycles. The molecule has 3 fully saturated rings. The molecular formula is C16H30N2O3S. The topological polar surface area (TPSA) is 58.6 Å². The second kappa shape index (κ2) is 6.75. The third-order valence-corrected chi connectivity index (χ3v) is 6.54. The monoisotopic (exact) mass is 330 g/mol. The molecule has 1 saturated carbocycles. The lowest BCUT2D eigenvalue weighted by Gasteiger charge is -2.49. The Kier molecular flexibility index (Phi) is 5.12. The first-order valence-electron chi connectivity index (χ1n) is 8.78. The molecule has 0 bridgehead atoms. The molecule has 22 heavy (non-hydrogen) atoms. The Morgan fingerprint density at radius 3 is 2.55 bits per heavy atom. The smallest absolute Gasteiger partial charge is 0.208 e. The van der Waals surface area contributed by atoms with Crippen LogP contribution in [0.25, 0.3) is 0 Å². The Morgan fingerprint density at radius 1 is 1.23 bits per heavy atom. The Labute approximate surface area is 134 Å². The van der Waals surface area contributed by atoms with Crippen LogP contribution in [-0.2, 0) is 14.8 Å². The van der Waals surface area contributed by atoms with Gasteiger partial charge in [-0.05, 0) is 50.9 Å². The summed E-state index contributed by atoms with van der Waals surface area (Å²) in [6.07, 6.45) is 10.8. The molecule has 3 rings (SSSR count). The number of ether oxygens (including phenoxy) is 1. The summed E-state index contributed by atoms with van der Waals surface area (Å²) in [6, 6.07) is 0.843. The summed E-state index contributed by atoms with van der Waals surface area (Å²) in [5.41, 5.74) is 0.0776. The minimum absolute atomic E-state index is 0.0776. The highest BCUT2D eigenvalue weighted by atomic mass is 32.2. The second-order valence-corrected chi connectivity index (χ2v) is 9.30. The number of rotatable bonds is 5. The van der Waals surface area contributed by atoms with Gasteiger partial charge in [-0.2, -0.15) is 0 Å². The van der Waals surface area contributed by atoms with Crippen molar-refractivity contribution in [3.8, 4) is 0 Å². The van der Waals surface area contributed by atoms with E-state index in [1.807, 2.05) is 0 Å². The van der Waals surface area contributed by atoms with E-state index in [9.17, 15) is 8.42 Å². The van der Waals surface area contributed by atoms with Gasteiger partial charge in [0, 0.05) is 32.3 Å². The number of likely N-dealkylation sites (tertiary alicyclic amines) is 1. The number of nitrogens with one attached hydrogen (secondary N) is 1. The molecule has 5 nitrogen and oxygen atoms in total. The van der Waals surface area contributed by atoms with Gasteiger partial charge in [0.15, 0.2) is 0 Å². The molecule has 0 aromatic carbocycles. The SMILES string of the molecule is CS(=O)(=O)NCCC1CCOC2(CCN(C3CCC3)CC2)C1. The van der Waals surface area contributed by atoms with Gasteiger partial charge >= 0.3 is 0 Å². The third-order valence-electron chi connectivity index (χ3n) is 5.81. The van der Waals surface area contributed by atoms with Gasteiger partial charge in [0.1, 0.15) is 0 Å². The number of sulfonamides is 1. The highest BCUT2D eigenvalue weighted by Crippen LogP contribution is 2.40. The summed E-state index contributed by atoms with van der Waals surface area (Å²) in [5.74, 6) is 0.596. The van der Waals surface area contributed by atoms with Crippen molar-refractivity contribution in [2.45, 2.75) is 63.0 Å². The van der Waals surface area contributed by atoms with Gasteiger partial charge in [-0.1, -0.05) is 6.42 Å². The lowest BCUT2D eigenvalue weighted by Crippen LogP contribution is -2.53. The maximum atomic E-state index is 11.2. The molecule has 1 unspecified atom stereocenters. The van der Waals surface area contributed by atoms with E-state index in [0.717, 1.165) is 44.8 Å². The van der Waals surface area contributed by atoms with Crippen LogP contribution in [0.15, 0.2) is 0 Å². The molecule has 1 N–H and O–H groups in total. The fourth-order valence-corrected chi connectivity index (χ4v) is 4.71. The van der Waals surface area contributed by atoms with Gasteiger partial charge in [0.2, 0.25) is 10.0 Å². The van der Waals surface area contributed by atoms with E-state index in [1.54, 1.807) is 0 Å². The minimum atomic E-state index is -3.06. The molecule has 2 aliphatic heterocycles. The van der Waals surface area contributed by atoms with Gasteiger partial charge in [0.25, 0.3) is 0 Å². The lowest BCUT2D eigenvalue weighted by atomic mass is 9.77. The molecule has 1 atom stereocenters. The summed E-state index contributed by atoms with van der Waals surface area (Å²) in [5, 5.41) is 0. The molecule has 0 radical (unpaired) electrons. The highest BCUT2D eigenvalue weighted by Gasteiger charge is 2.41. The molecule has 128 valence electrons. The van der Waals surface area contributed by atoms with Crippen molar-refractivity contribution in [1.82, 2.24) is 9.62 Å². The van der Waals surface area contributed by atoms with Gasteiger partial charge < -0.3 is 9.64 Å². The van der Waals surface area contributed by atoms with Gasteiger partial charge in [0.05, 0.1) is 11.9 Å². The number of hydrogen-bond acceptors (Lipinski definition) is 4. The van der Waals surface area contributed by atoms with Crippen molar-refractivity contribution in [1.29, 1.82) is 0 Å². The standard InChI is InChI=1S/C16H30N2O3S/c1-22(19,20)17-9-5-14-6-12-21-16(13-14)7-10-18(11-8-16)15-3-2-4-15/h14-15,17H,2-13H2,1H3. The largest absolute Gasteiger partial charge is 0.375 e. The van der Waals surface area contributed by atoms with E-state index < -0.39 is 10.0 Å². The van der Waals surface area contributed by atoms with Crippen molar-refractivity contribution in [3.63, 3.8) is 0 Å². The van der Waals surface area contributed by atoms with Crippen LogP contribution in [0.3, 0.4) is 0 Å². The van der Waals surface area contributed by atoms with Gasteiger partial charge in [-0.3, -0.25) is 0 Å². The van der Waals surface area contributed by atoms with Crippen LogP contribution in [0.5, 0.6) is 0 Å². The average Bonchev–Trinajstić information content (AvgIpc) is 2.38. The van der Waals surface area contributed by atoms with Crippen LogP contribution in [0.4, 0.5) is 0 Å². The van der Waals surface area contributed by atoms with Crippen LogP contribution < -0.4 is 4.72 Å². The third kappa shape index (κ3) is 4.22. The van der Waals surface area contributed by atoms with E-state index in [1.165, 1.54) is 38.6 Å². The van der Waals surface area contributed by atoms with Crippen LogP contribution in [0.2, 0.25) is 0 Å². The van der Waals surface area contributed by atoms with Crippen LogP contribution >= 0.6 is 0 Å². The van der Waals surface area contributed by atoms with Gasteiger partial charge in [-0.15, -0.1) is 0 Å². The fraction of sp³-hybridized carbons (Fsp3) is 1.00. The molecule has 2 saturated heterocycles. The van der Waals surface area contributed by atoms with Crippen LogP contribution in [-0.4, -0.2) is 57.5 Å². The van der Waals surface area contributed by atoms with Gasteiger partial charge in [-0.25, -0.2) is 13.1 Å². The predicted octanol–water partition coefficient (Wildman–Crippen LogP) is 1.74. The van der Waals surface area contributed by atoms with Crippen molar-refractivity contribution < 1.29 is 13.2 Å². The van der Waals surface area contributed by atoms with E-state index in [-0.39, 0.29) is 5.60 Å². The second-order valence-electron chi connectivity index (χ2n) is 7.47. The van der Waals surface area contributed by atoms with E-state index >= 15 is 0 Å². The normalized spacial score (nSPS) is 30.3. The molecule has 1 spiro atoms. The van der Waals surface area contributed by atoms with Crippen molar-refractivity contribution in [3.05, 3.63) is 0 Å². The first-order chi connectivity index (χ1) is 10.5. The lowest BCUT2D eigenvalue weighted by molar-refractivity contribution is -0.133. The zero-order valence-corrected chi connectivity index (χ0v) is 14.5. The Bertz CT molecular complexity index is 468. The van der Waals surface area contributed by atoms with Crippen LogP contribution in [0.1, 0.15) is 51.4 Å². The Hall–Kier alpha value is -0.170. The molecule has 3 aliphatic rings. The maximum absolute atomic E-state index is 11.2. The van der Waals surface area contributed by atoms with Crippen LogP contribution in [0, 0.1) is 5.92 Å². The molecule has 0 aromatic rings. The number of hydrogen-bond donors (Lipinski definition) is 1. The molecular weight excluding hydrogens is 300 g/mol. The molecule has 2 heterocycles. The summed E-state index contributed by atoms with van der Waals surface area (Å²) in [7, 11) is -3.06. The summed E-state index contributed by atoms with van der Waals surface area (Å²) < 4.78 is 31.1. The number of piperidine rings is 1. The summed E-state index contributed by atoms with van der Waals surface area (Å²) >= 11 is 0. The van der Waals surface area contributed by atoms with E-state index in [2.05, 4.69) is 9.62 Å². The first kappa shape index (κ1) is 16.7. The zero-order valence-electron chi connectivity index (χ0n) is 13.7. The quantitative estimate of drug-likeness (QED) is 0.834. The fourth-order valence-electron chi connectivity index (χ4n) is 4.22. The Morgan fingerprint density at radius 2 is 1.95 bits per heavy atom. The average molecular weight is 330 g/mol. The molecule has 0 amide bonds. The van der Waals surface area contributed by atoms with Crippen molar-refractivity contribution in [2.24, 2.45) is 5.92 Å². The number of nitrogens with zero attached hydrogens (tertiary/aromatic N) is 1. The highest BCUT2D eigenvalue weighted by molar-refractivity contribution is 7.88. The van der Waals surface area contributed by atoms with E-state index in [4.69, 9.17) is 4.74 Å². The molecule has 1 aliphatic carbocycles. The van der Waals surface area contributed by atoms with Crippen molar-refractivity contribution in [2.75, 3.05) is 32.5 Å². The first-order valence-corrected chi connectivity index (χ1v) is 10.7. The Balaban J connectivity index is 1.46. The summed E-state index contributed by atoms with van der Waals surface area (Å²) in [4.78, 5) is 2.66. The van der Waals surface area contributed by atoms with E-state index in [0.29, 0.717) is 12.5 Å². The predicted molar refractivity (Wildman–Crippen MR) is 87.3 cm³/mol. The zero-order chi connectivity index (χ0) is 15.6.